The van der Waals surface area contributed by atoms with Gasteiger partial charge < -0.3 is 70.7 Å². The number of nitro groups is 1. The van der Waals surface area contributed by atoms with Crippen molar-refractivity contribution in [2.75, 3.05) is 71.0 Å². The van der Waals surface area contributed by atoms with Crippen LogP contribution in [0, 0.1) is 10.1 Å². The highest BCUT2D eigenvalue weighted by molar-refractivity contribution is 6.62. The van der Waals surface area contributed by atoms with Crippen molar-refractivity contribution >= 4 is 103 Å². The number of nitrogens with zero attached hydrogens (tertiary/aromatic N) is 1. The SMILES string of the molecule is COc1cc(NC(=O)OCc2ccc(B3OC(C)(C)C(C)(C)O3)cc2OC)ccc1C=O.COc1cc(NC(=O)OCc2ccc(NC(=O)OCc3ccc(B4OC(C)(C)C(C)(C)O4)cc3OC)cc2OC)ccc1C=O.COc1cc(NC(=O)Oc2ccccc2)ccc1C=O.COc1cc([N+](=O)[O-])ccc1C=O. The number of rotatable bonds is 25. The molecule has 4 amide bonds. The standard InChI is InChI=1S/C32H37BN2O10.C23H28BNO7.C15H13NO4.C8H7NO4/c1-31(2)32(3,4)45-33(44-31)23-11-8-21(26(14-23)39-5)18-42-30(38)35-25-13-10-22(28(16-25)41-7)19-43-29(37)34-24-12-9-20(17-36)27(15-24)40-6;1-22(2)23(3,4)32-24(31-22)17-9-7-16(19(11-17)28-5)14-30-21(27)25-18-10-8-15(13-26)20(12-18)29-6;1-19-14-9-12(8-7-11(14)10-17)16-15(18)20-13-5-3-2-4-6-13;1-13-8-4-7(9(11)12)3-2-6(8)5-10/h8-17H,18-19H2,1-7H3,(H,34,37)(H,35,38);7-13H,14H2,1-6H3,(H,25,27);2-10H,1H3,(H,16,18);2-5H,1H3. The Balaban J connectivity index is 0.000000224. The lowest BCUT2D eigenvalue weighted by Crippen LogP contribution is -2.41. The lowest BCUT2D eigenvalue weighted by atomic mass is 9.78. The van der Waals surface area contributed by atoms with Gasteiger partial charge in [0.2, 0.25) is 0 Å². The van der Waals surface area contributed by atoms with Gasteiger partial charge in [0.1, 0.15) is 65.8 Å². The predicted molar refractivity (Wildman–Crippen MR) is 408 cm³/mol. The lowest BCUT2D eigenvalue weighted by molar-refractivity contribution is -0.384. The summed E-state index contributed by atoms with van der Waals surface area (Å²) in [6.07, 6.45) is -0.0596. The van der Waals surface area contributed by atoms with Gasteiger partial charge in [0.25, 0.3) is 5.69 Å². The lowest BCUT2D eigenvalue weighted by Gasteiger charge is -2.32. The van der Waals surface area contributed by atoms with Crippen LogP contribution < -0.4 is 70.1 Å². The maximum Gasteiger partial charge on any atom is 0.494 e. The van der Waals surface area contributed by atoms with Crippen LogP contribution in [0.2, 0.25) is 0 Å². The first-order chi connectivity index (χ1) is 52.4. The number of nitro benzene ring substituents is 1. The fraction of sp³-hybridized carbons (Fsp3) is 0.282. The Morgan fingerprint density at radius 1 is 0.373 bits per heavy atom. The second-order valence-corrected chi connectivity index (χ2v) is 25.8. The minimum Gasteiger partial charge on any atom is -0.496 e. The first kappa shape index (κ1) is 84.7. The average molecular weight is 1510 g/mol. The molecular weight excluding hydrogens is 1430 g/mol. The monoisotopic (exact) mass is 1510 g/mol. The summed E-state index contributed by atoms with van der Waals surface area (Å²) in [5, 5.41) is 20.7. The molecule has 2 fully saturated rings. The molecular formula is C78H85B2N5O25. The number of carbonyl (C=O) groups excluding carboxylic acids is 8. The van der Waals surface area contributed by atoms with E-state index in [9.17, 15) is 48.5 Å². The molecule has 0 radical (unpaired) electrons. The van der Waals surface area contributed by atoms with Gasteiger partial charge in [0.05, 0.1) is 105 Å². The third-order valence-electron chi connectivity index (χ3n) is 17.6. The van der Waals surface area contributed by atoms with Crippen LogP contribution >= 0.6 is 0 Å². The van der Waals surface area contributed by atoms with Gasteiger partial charge in [-0.25, -0.2) is 19.2 Å². The first-order valence-corrected chi connectivity index (χ1v) is 33.7. The highest BCUT2D eigenvalue weighted by atomic mass is 16.7. The molecule has 0 bridgehead atoms. The fourth-order valence-electron chi connectivity index (χ4n) is 10.2. The van der Waals surface area contributed by atoms with Crippen LogP contribution in [0.15, 0.2) is 158 Å². The smallest absolute Gasteiger partial charge is 0.494 e. The molecule has 578 valence electrons. The van der Waals surface area contributed by atoms with Crippen molar-refractivity contribution in [3.63, 3.8) is 0 Å². The van der Waals surface area contributed by atoms with E-state index in [1.807, 2.05) is 91.8 Å². The molecule has 30 nitrogen and oxygen atoms in total. The molecule has 2 aliphatic heterocycles. The topological polar surface area (TPSA) is 366 Å². The second kappa shape index (κ2) is 38.8. The molecule has 0 spiro atoms. The van der Waals surface area contributed by atoms with Crippen LogP contribution in [0.5, 0.6) is 46.0 Å². The minimum absolute atomic E-state index is 0.00219. The summed E-state index contributed by atoms with van der Waals surface area (Å²) in [5.41, 5.74) is 4.76. The summed E-state index contributed by atoms with van der Waals surface area (Å²) in [6, 6.07) is 42.4. The van der Waals surface area contributed by atoms with Gasteiger partial charge in [0, 0.05) is 69.8 Å². The number of amides is 4. The van der Waals surface area contributed by atoms with Crippen molar-refractivity contribution < 1.29 is 114 Å². The number of aldehydes is 4. The van der Waals surface area contributed by atoms with Gasteiger partial charge in [0.15, 0.2) is 25.1 Å². The second-order valence-electron chi connectivity index (χ2n) is 25.8. The Labute approximate surface area is 635 Å². The average Bonchev–Trinajstić information content (AvgIpc) is 1.63. The zero-order valence-electron chi connectivity index (χ0n) is 63.2. The number of para-hydroxylation sites is 1. The quantitative estimate of drug-likeness (QED) is 0.0136. The van der Waals surface area contributed by atoms with E-state index in [-0.39, 0.29) is 31.3 Å². The summed E-state index contributed by atoms with van der Waals surface area (Å²) in [7, 11) is 9.16. The highest BCUT2D eigenvalue weighted by Gasteiger charge is 2.53. The van der Waals surface area contributed by atoms with E-state index in [2.05, 4.69) is 21.3 Å². The van der Waals surface area contributed by atoms with Crippen molar-refractivity contribution in [3.05, 3.63) is 207 Å². The van der Waals surface area contributed by atoms with E-state index in [4.69, 9.17) is 70.7 Å². The van der Waals surface area contributed by atoms with E-state index < -0.39 is 65.9 Å². The molecule has 2 saturated heterocycles. The molecule has 0 aliphatic carbocycles. The number of methoxy groups -OCH3 is 7. The third-order valence-corrected chi connectivity index (χ3v) is 17.6. The van der Waals surface area contributed by atoms with E-state index in [0.717, 1.165) is 10.9 Å². The molecule has 8 aromatic rings. The Hall–Kier alpha value is -12.5. The summed E-state index contributed by atoms with van der Waals surface area (Å²) >= 11 is 0. The van der Waals surface area contributed by atoms with E-state index in [0.29, 0.717) is 127 Å². The fourth-order valence-corrected chi connectivity index (χ4v) is 10.2. The molecule has 0 saturated carbocycles. The predicted octanol–water partition coefficient (Wildman–Crippen LogP) is 13.4. The molecule has 2 aliphatic rings. The Kier molecular flexibility index (Phi) is 29.9. The number of hydrogen-bond donors (Lipinski definition) is 4. The highest BCUT2D eigenvalue weighted by Crippen LogP contribution is 2.39. The van der Waals surface area contributed by atoms with Gasteiger partial charge in [-0.2, -0.15) is 0 Å². The molecule has 2 heterocycles. The number of ether oxygens (including phenoxy) is 11. The van der Waals surface area contributed by atoms with Crippen LogP contribution in [-0.2, 0) is 52.6 Å². The molecule has 8 aromatic carbocycles. The summed E-state index contributed by atoms with van der Waals surface area (Å²) in [4.78, 5) is 102. The van der Waals surface area contributed by atoms with Crippen LogP contribution in [-0.4, -0.2) is 141 Å². The van der Waals surface area contributed by atoms with Gasteiger partial charge in [-0.05, 0) is 145 Å². The maximum absolute atomic E-state index is 12.6. The van der Waals surface area contributed by atoms with Gasteiger partial charge in [-0.3, -0.25) is 50.6 Å². The summed E-state index contributed by atoms with van der Waals surface area (Å²) in [5.74, 6) is 3.20. The number of carbonyl (C=O) groups is 8. The van der Waals surface area contributed by atoms with Gasteiger partial charge in [-0.1, -0.05) is 42.5 Å². The van der Waals surface area contributed by atoms with Crippen LogP contribution in [0.3, 0.4) is 0 Å². The van der Waals surface area contributed by atoms with Gasteiger partial charge in [-0.15, -0.1) is 0 Å². The van der Waals surface area contributed by atoms with Crippen molar-refractivity contribution in [2.24, 2.45) is 0 Å². The van der Waals surface area contributed by atoms with Crippen molar-refractivity contribution in [1.29, 1.82) is 0 Å². The summed E-state index contributed by atoms with van der Waals surface area (Å²) < 4.78 is 82.2. The Bertz CT molecular complexity index is 4560. The normalized spacial score (nSPS) is 13.6. The van der Waals surface area contributed by atoms with Crippen molar-refractivity contribution in [1.82, 2.24) is 0 Å². The van der Waals surface area contributed by atoms with Crippen molar-refractivity contribution in [3.8, 4) is 46.0 Å². The third kappa shape index (κ3) is 22.8. The number of nitrogens with one attached hydrogen (secondary N) is 4. The van der Waals surface area contributed by atoms with Crippen LogP contribution in [0.25, 0.3) is 0 Å². The van der Waals surface area contributed by atoms with E-state index >= 15 is 0 Å². The molecule has 0 unspecified atom stereocenters. The Morgan fingerprint density at radius 2 is 0.655 bits per heavy atom. The Morgan fingerprint density at radius 3 is 0.973 bits per heavy atom. The molecule has 110 heavy (non-hydrogen) atoms. The first-order valence-electron chi connectivity index (χ1n) is 33.7. The number of anilines is 4. The number of benzene rings is 8. The van der Waals surface area contributed by atoms with Crippen LogP contribution in [0.1, 0.15) is 114 Å². The maximum atomic E-state index is 12.6. The number of non-ortho nitro benzene ring substituents is 1. The molecule has 0 aromatic heterocycles. The van der Waals surface area contributed by atoms with E-state index in [1.165, 1.54) is 73.0 Å². The zero-order chi connectivity index (χ0) is 80.5. The van der Waals surface area contributed by atoms with Crippen LogP contribution in [0.4, 0.5) is 47.6 Å². The minimum atomic E-state index is -0.719. The molecule has 0 atom stereocenters. The summed E-state index contributed by atoms with van der Waals surface area (Å²) in [6.45, 7) is 15.8. The van der Waals surface area contributed by atoms with Crippen molar-refractivity contribution in [2.45, 2.75) is 97.6 Å². The molecule has 32 heteroatoms. The number of hydrogen-bond acceptors (Lipinski definition) is 25. The molecule has 4 N–H and O–H groups in total. The van der Waals surface area contributed by atoms with Gasteiger partial charge >= 0.3 is 38.6 Å². The van der Waals surface area contributed by atoms with E-state index in [1.54, 1.807) is 98.1 Å². The largest absolute Gasteiger partial charge is 0.496 e. The molecule has 10 rings (SSSR count). The zero-order valence-corrected chi connectivity index (χ0v) is 63.2.